The highest BCUT2D eigenvalue weighted by atomic mass is 127. The van der Waals surface area contributed by atoms with Gasteiger partial charge in [-0.25, -0.2) is 18.7 Å². The second kappa shape index (κ2) is 8.69. The summed E-state index contributed by atoms with van der Waals surface area (Å²) in [7, 11) is 0. The summed E-state index contributed by atoms with van der Waals surface area (Å²) < 4.78 is 28.5. The molecule has 1 aliphatic rings. The number of carbonyl (C=O) groups excluding carboxylic acids is 1. The van der Waals surface area contributed by atoms with Gasteiger partial charge < -0.3 is 10.6 Å². The molecule has 2 N–H and O–H groups in total. The summed E-state index contributed by atoms with van der Waals surface area (Å²) in [5.41, 5.74) is 2.03. The minimum Gasteiger partial charge on any atom is -0.353 e. The number of imidazole rings is 1. The molecule has 1 amide bonds. The third-order valence-electron chi connectivity index (χ3n) is 4.50. The molecule has 1 aliphatic carbocycles. The van der Waals surface area contributed by atoms with Crippen LogP contribution in [-0.4, -0.2) is 26.5 Å². The molecule has 152 valence electrons. The molecule has 2 aromatic heterocycles. The van der Waals surface area contributed by atoms with Crippen molar-refractivity contribution in [2.24, 2.45) is 5.92 Å². The topological polar surface area (TPSA) is 71.8 Å². The molecule has 0 radical (unpaired) electrons. The van der Waals surface area contributed by atoms with E-state index in [-0.39, 0.29) is 24.0 Å². The summed E-state index contributed by atoms with van der Waals surface area (Å²) in [6.45, 7) is 0. The molecule has 3 aromatic rings. The lowest BCUT2D eigenvalue weighted by Gasteiger charge is -2.13. The van der Waals surface area contributed by atoms with Crippen molar-refractivity contribution in [1.82, 2.24) is 14.3 Å². The van der Waals surface area contributed by atoms with Crippen LogP contribution in [0.15, 0.2) is 35.2 Å². The summed E-state index contributed by atoms with van der Waals surface area (Å²) in [4.78, 5) is 21.8. The van der Waals surface area contributed by atoms with Crippen LogP contribution in [0.1, 0.15) is 25.1 Å². The van der Waals surface area contributed by atoms with Crippen LogP contribution in [0.2, 0.25) is 0 Å². The van der Waals surface area contributed by atoms with Crippen LogP contribution in [0.25, 0.3) is 11.2 Å². The van der Waals surface area contributed by atoms with Crippen LogP contribution in [0, 0.1) is 5.92 Å². The number of para-hydroxylation sites is 1. The molecule has 1 unspecified atom stereocenters. The Hall–Kier alpha value is -1.52. The Morgan fingerprint density at radius 1 is 1.31 bits per heavy atom. The first-order valence-corrected chi connectivity index (χ1v) is 14.1. The number of hydrogen-bond acceptors (Lipinski definition) is 5. The van der Waals surface area contributed by atoms with E-state index >= 15 is 0 Å². The Morgan fingerprint density at radius 2 is 2.07 bits per heavy atom. The number of nitrogens with one attached hydrogen (secondary N) is 2. The number of aromatic nitrogens is 3. The molecule has 1 fully saturated rings. The summed E-state index contributed by atoms with van der Waals surface area (Å²) in [5.74, 6) is -0.0826. The predicted octanol–water partition coefficient (Wildman–Crippen LogP) is 5.97. The lowest BCUT2D eigenvalue weighted by atomic mass is 10.2. The molecule has 0 aliphatic heterocycles. The normalized spacial score (nSPS) is 14.2. The number of pyridine rings is 1. The standard InChI is InChI=1S/C18H17F2IN5OPS/c1-29-12-5-3-2-4-10(12)22-11-8-13(24-18(27)9-6-7-9)23-16-14(11)25-17(15(19)20)26(16)28-21/h2-5,8-9,15,28H,6-7H2,1H3,(H2,22,23,24,27). The average molecular weight is 547 g/mol. The van der Waals surface area contributed by atoms with E-state index in [1.54, 1.807) is 17.8 Å². The minimum atomic E-state index is -2.72. The van der Waals surface area contributed by atoms with Gasteiger partial charge in [0.15, 0.2) is 11.5 Å². The van der Waals surface area contributed by atoms with Crippen LogP contribution in [-0.2, 0) is 4.79 Å². The maximum absolute atomic E-state index is 13.6. The van der Waals surface area contributed by atoms with Gasteiger partial charge in [-0.3, -0.25) is 9.13 Å². The van der Waals surface area contributed by atoms with Crippen LogP contribution in [0.5, 0.6) is 0 Å². The van der Waals surface area contributed by atoms with Gasteiger partial charge in [0.25, 0.3) is 6.43 Å². The van der Waals surface area contributed by atoms with Crippen LogP contribution >= 0.6 is 40.2 Å². The molecule has 4 rings (SSSR count). The smallest absolute Gasteiger partial charge is 0.295 e. The first-order chi connectivity index (χ1) is 14.0. The number of nitrogens with zero attached hydrogens (tertiary/aromatic N) is 3. The molecule has 1 atom stereocenters. The van der Waals surface area contributed by atoms with E-state index in [1.165, 1.54) is 4.34 Å². The lowest BCUT2D eigenvalue weighted by Crippen LogP contribution is -2.14. The van der Waals surface area contributed by atoms with Crippen molar-refractivity contribution in [3.05, 3.63) is 36.2 Å². The van der Waals surface area contributed by atoms with E-state index in [0.29, 0.717) is 22.7 Å². The quantitative estimate of drug-likeness (QED) is 0.217. The largest absolute Gasteiger partial charge is 0.353 e. The highest BCUT2D eigenvalue weighted by Gasteiger charge is 2.30. The fraction of sp³-hybridized carbons (Fsp3) is 0.278. The summed E-state index contributed by atoms with van der Waals surface area (Å²) >= 11 is 3.60. The van der Waals surface area contributed by atoms with Crippen molar-refractivity contribution < 1.29 is 13.6 Å². The van der Waals surface area contributed by atoms with E-state index < -0.39 is 6.43 Å². The highest BCUT2D eigenvalue weighted by Crippen LogP contribution is 2.39. The second-order valence-corrected chi connectivity index (χ2v) is 9.42. The number of alkyl halides is 2. The number of thioether (sulfide) groups is 1. The molecule has 0 saturated heterocycles. The van der Waals surface area contributed by atoms with Crippen molar-refractivity contribution >= 4 is 74.4 Å². The van der Waals surface area contributed by atoms with Crippen molar-refractivity contribution in [2.75, 3.05) is 16.9 Å². The van der Waals surface area contributed by atoms with Gasteiger partial charge in [0, 0.05) is 16.9 Å². The van der Waals surface area contributed by atoms with E-state index in [2.05, 4.69) is 20.6 Å². The molecule has 6 nitrogen and oxygen atoms in total. The number of fused-ring (bicyclic) bond motifs is 1. The van der Waals surface area contributed by atoms with Gasteiger partial charge in [-0.15, -0.1) is 11.8 Å². The number of amides is 1. The Balaban J connectivity index is 1.84. The zero-order valence-electron chi connectivity index (χ0n) is 15.2. The number of benzene rings is 1. The molecule has 29 heavy (non-hydrogen) atoms. The Bertz CT molecular complexity index is 1080. The third kappa shape index (κ3) is 4.34. The van der Waals surface area contributed by atoms with Crippen molar-refractivity contribution in [3.63, 3.8) is 0 Å². The van der Waals surface area contributed by atoms with Crippen LogP contribution in [0.3, 0.4) is 0 Å². The molecule has 2 heterocycles. The molecule has 1 saturated carbocycles. The Labute approximate surface area is 185 Å². The highest BCUT2D eigenvalue weighted by molar-refractivity contribution is 14.2. The Morgan fingerprint density at radius 3 is 2.72 bits per heavy atom. The van der Waals surface area contributed by atoms with E-state index in [9.17, 15) is 13.6 Å². The van der Waals surface area contributed by atoms with Crippen molar-refractivity contribution in [3.8, 4) is 0 Å². The summed E-state index contributed by atoms with van der Waals surface area (Å²) in [6, 6.07) is 9.36. The molecule has 11 heteroatoms. The van der Waals surface area contributed by atoms with Crippen LogP contribution < -0.4 is 10.6 Å². The summed E-state index contributed by atoms with van der Waals surface area (Å²) in [6.07, 6.45) is 0.970. The van der Waals surface area contributed by atoms with Crippen LogP contribution in [0.4, 0.5) is 26.0 Å². The fourth-order valence-corrected chi connectivity index (χ4v) is 5.37. The monoisotopic (exact) mass is 547 g/mol. The number of halogens is 3. The maximum atomic E-state index is 13.6. The van der Waals surface area contributed by atoms with Gasteiger partial charge >= 0.3 is 0 Å². The molecular formula is C18H17F2IN5OPS. The lowest BCUT2D eigenvalue weighted by molar-refractivity contribution is -0.117. The van der Waals surface area contributed by atoms with Gasteiger partial charge in [-0.1, -0.05) is 12.1 Å². The number of hydrogen-bond donors (Lipinski definition) is 2. The van der Waals surface area contributed by atoms with Crippen molar-refractivity contribution in [2.45, 2.75) is 24.2 Å². The molecule has 0 spiro atoms. The van der Waals surface area contributed by atoms with E-state index in [1.807, 2.05) is 52.6 Å². The van der Waals surface area contributed by atoms with E-state index in [4.69, 9.17) is 0 Å². The average Bonchev–Trinajstić information content (AvgIpc) is 3.49. The number of carbonyl (C=O) groups is 1. The Kier molecular flexibility index (Phi) is 6.21. The van der Waals surface area contributed by atoms with Crippen molar-refractivity contribution in [1.29, 1.82) is 0 Å². The minimum absolute atomic E-state index is 0.00106. The van der Waals surface area contributed by atoms with Gasteiger partial charge in [0.05, 0.1) is 17.7 Å². The van der Waals surface area contributed by atoms with Gasteiger partial charge in [0.2, 0.25) is 5.91 Å². The molecule has 0 bridgehead atoms. The number of rotatable bonds is 7. The van der Waals surface area contributed by atoms with Gasteiger partial charge in [-0.2, -0.15) is 0 Å². The first-order valence-electron chi connectivity index (χ1n) is 8.81. The SMILES string of the molecule is CSc1ccccc1Nc1cc(NC(=O)C2CC2)nc2c1nc(C(F)F)n2PI. The fourth-order valence-electron chi connectivity index (χ4n) is 2.92. The predicted molar refractivity (Wildman–Crippen MR) is 123 cm³/mol. The first kappa shape index (κ1) is 20.7. The molecular weight excluding hydrogens is 530 g/mol. The second-order valence-electron chi connectivity index (χ2n) is 6.51. The molecule has 1 aromatic carbocycles. The maximum Gasteiger partial charge on any atom is 0.295 e. The van der Waals surface area contributed by atoms with E-state index in [0.717, 1.165) is 23.4 Å². The van der Waals surface area contributed by atoms with Gasteiger partial charge in [-0.05, 0) is 53.3 Å². The zero-order chi connectivity index (χ0) is 20.5. The zero-order valence-corrected chi connectivity index (χ0v) is 19.2. The third-order valence-corrected chi connectivity index (χ3v) is 7.35. The number of anilines is 3. The van der Waals surface area contributed by atoms with Gasteiger partial charge in [0.1, 0.15) is 11.3 Å². The summed E-state index contributed by atoms with van der Waals surface area (Å²) in [5, 5.41) is 6.11.